The zero-order valence-corrected chi connectivity index (χ0v) is 24.4. The molecule has 3 aromatic rings. The minimum atomic E-state index is -0.415. The van der Waals surface area contributed by atoms with Crippen molar-refractivity contribution in [3.05, 3.63) is 76.2 Å². The molecule has 0 spiro atoms. The van der Waals surface area contributed by atoms with E-state index >= 15 is 0 Å². The first-order valence-electron chi connectivity index (χ1n) is 13.6. The number of hydrogen-bond donors (Lipinski definition) is 2. The smallest absolute Gasteiger partial charge is 0.341 e. The Morgan fingerprint density at radius 2 is 1.87 bits per heavy atom. The zero-order chi connectivity index (χ0) is 27.8. The fourth-order valence-corrected chi connectivity index (χ4v) is 7.03. The first kappa shape index (κ1) is 28.9. The number of rotatable bonds is 11. The molecule has 1 aromatic heterocycles. The van der Waals surface area contributed by atoms with Gasteiger partial charge in [0.2, 0.25) is 11.8 Å². The highest BCUT2D eigenvalue weighted by atomic mass is 32.2. The van der Waals surface area contributed by atoms with Crippen molar-refractivity contribution < 1.29 is 19.1 Å². The van der Waals surface area contributed by atoms with Crippen LogP contribution in [0.5, 0.6) is 0 Å². The summed E-state index contributed by atoms with van der Waals surface area (Å²) < 4.78 is 5.39. The predicted octanol–water partition coefficient (Wildman–Crippen LogP) is 7.45. The molecule has 6 nitrogen and oxygen atoms in total. The van der Waals surface area contributed by atoms with Crippen LogP contribution < -0.4 is 10.6 Å². The molecule has 2 atom stereocenters. The molecule has 0 radical (unpaired) electrons. The highest BCUT2D eigenvalue weighted by Gasteiger charge is 2.31. The van der Waals surface area contributed by atoms with E-state index in [4.69, 9.17) is 4.74 Å². The summed E-state index contributed by atoms with van der Waals surface area (Å²) in [7, 11) is 0. The third kappa shape index (κ3) is 7.51. The molecule has 0 aliphatic heterocycles. The van der Waals surface area contributed by atoms with Crippen LogP contribution >= 0.6 is 23.1 Å². The summed E-state index contributed by atoms with van der Waals surface area (Å²) in [5.41, 5.74) is 3.53. The van der Waals surface area contributed by atoms with Crippen molar-refractivity contribution in [3.8, 4) is 0 Å². The van der Waals surface area contributed by atoms with Gasteiger partial charge >= 0.3 is 5.97 Å². The van der Waals surface area contributed by atoms with Crippen LogP contribution in [0, 0.1) is 0 Å². The van der Waals surface area contributed by atoms with Crippen LogP contribution in [0.1, 0.15) is 78.7 Å². The Hall–Kier alpha value is -3.10. The third-order valence-electron chi connectivity index (χ3n) is 6.81. The fourth-order valence-electron chi connectivity index (χ4n) is 4.78. The number of fused-ring (bicyclic) bond motifs is 1. The SMILES string of the molecule is CCCCC(=O)Nc1cccc(SC(C)C(=O)Nc2sc3c(c2C(=O)OCC)CCC(c2ccccc2)C3)c1. The van der Waals surface area contributed by atoms with Gasteiger partial charge in [-0.2, -0.15) is 0 Å². The zero-order valence-electron chi connectivity index (χ0n) is 22.8. The van der Waals surface area contributed by atoms with Crippen molar-refractivity contribution in [1.82, 2.24) is 0 Å². The van der Waals surface area contributed by atoms with Crippen molar-refractivity contribution in [2.45, 2.75) is 75.4 Å². The molecule has 0 fully saturated rings. The monoisotopic (exact) mass is 564 g/mol. The van der Waals surface area contributed by atoms with Crippen LogP contribution in [0.25, 0.3) is 0 Å². The number of hydrogen-bond acceptors (Lipinski definition) is 6. The normalized spacial score (nSPS) is 15.2. The van der Waals surface area contributed by atoms with E-state index in [0.29, 0.717) is 22.9 Å². The largest absolute Gasteiger partial charge is 0.462 e. The number of thioether (sulfide) groups is 1. The summed E-state index contributed by atoms with van der Waals surface area (Å²) >= 11 is 2.90. The minimum absolute atomic E-state index is 0.00699. The van der Waals surface area contributed by atoms with Crippen LogP contribution in [-0.4, -0.2) is 29.6 Å². The first-order chi connectivity index (χ1) is 18.9. The molecule has 4 rings (SSSR count). The van der Waals surface area contributed by atoms with E-state index < -0.39 is 5.25 Å². The lowest BCUT2D eigenvalue weighted by Gasteiger charge is -2.23. The van der Waals surface area contributed by atoms with E-state index in [1.54, 1.807) is 6.92 Å². The number of anilines is 2. The van der Waals surface area contributed by atoms with Crippen molar-refractivity contribution in [3.63, 3.8) is 0 Å². The minimum Gasteiger partial charge on any atom is -0.462 e. The van der Waals surface area contributed by atoms with Gasteiger partial charge < -0.3 is 15.4 Å². The van der Waals surface area contributed by atoms with Gasteiger partial charge in [-0.15, -0.1) is 23.1 Å². The van der Waals surface area contributed by atoms with E-state index in [-0.39, 0.29) is 24.4 Å². The lowest BCUT2D eigenvalue weighted by atomic mass is 9.83. The molecular formula is C31H36N2O4S2. The van der Waals surface area contributed by atoms with Crippen molar-refractivity contribution in [1.29, 1.82) is 0 Å². The maximum absolute atomic E-state index is 13.3. The van der Waals surface area contributed by atoms with Crippen LogP contribution in [0.3, 0.4) is 0 Å². The highest BCUT2D eigenvalue weighted by molar-refractivity contribution is 8.00. The Morgan fingerprint density at radius 3 is 2.62 bits per heavy atom. The Morgan fingerprint density at radius 1 is 1.08 bits per heavy atom. The van der Waals surface area contributed by atoms with E-state index in [2.05, 4.69) is 41.8 Å². The van der Waals surface area contributed by atoms with E-state index in [1.807, 2.05) is 37.3 Å². The number of amides is 2. The standard InChI is InChI=1S/C31H36N2O4S2/c1-4-6-15-27(34)32-23-13-10-14-24(19-23)38-20(3)29(35)33-30-28(31(36)37-5-2)25-17-16-22(18-26(25)39-30)21-11-8-7-9-12-21/h7-14,19-20,22H,4-6,15-18H2,1-3H3,(H,32,34)(H,33,35). The molecular weight excluding hydrogens is 528 g/mol. The van der Waals surface area contributed by atoms with Gasteiger partial charge in [-0.1, -0.05) is 49.7 Å². The molecule has 2 amide bonds. The number of carbonyl (C=O) groups is 3. The molecule has 8 heteroatoms. The van der Waals surface area contributed by atoms with Gasteiger partial charge in [0, 0.05) is 21.9 Å². The topological polar surface area (TPSA) is 84.5 Å². The molecule has 0 bridgehead atoms. The second-order valence-corrected chi connectivity index (χ2v) is 12.2. The van der Waals surface area contributed by atoms with Crippen molar-refractivity contribution in [2.75, 3.05) is 17.2 Å². The maximum atomic E-state index is 13.3. The number of nitrogens with one attached hydrogen (secondary N) is 2. The fraction of sp³-hybridized carbons (Fsp3) is 0.387. The van der Waals surface area contributed by atoms with Gasteiger partial charge in [0.05, 0.1) is 17.4 Å². The maximum Gasteiger partial charge on any atom is 0.341 e. The Balaban J connectivity index is 1.47. The van der Waals surface area contributed by atoms with Gasteiger partial charge in [-0.25, -0.2) is 4.79 Å². The first-order valence-corrected chi connectivity index (χ1v) is 15.3. The van der Waals surface area contributed by atoms with Crippen LogP contribution in [0.4, 0.5) is 10.7 Å². The molecule has 39 heavy (non-hydrogen) atoms. The summed E-state index contributed by atoms with van der Waals surface area (Å²) in [5, 5.41) is 6.13. The van der Waals surface area contributed by atoms with Crippen LogP contribution in [0.15, 0.2) is 59.5 Å². The van der Waals surface area contributed by atoms with Gasteiger partial charge in [0.1, 0.15) is 5.00 Å². The molecule has 1 heterocycles. The Kier molecular flexibility index (Phi) is 10.2. The summed E-state index contributed by atoms with van der Waals surface area (Å²) in [5.74, 6) is -0.177. The number of ether oxygens (including phenoxy) is 1. The summed E-state index contributed by atoms with van der Waals surface area (Å²) in [6.07, 6.45) is 4.88. The van der Waals surface area contributed by atoms with Gasteiger partial charge in [-0.05, 0) is 74.8 Å². The quantitative estimate of drug-likeness (QED) is 0.187. The number of unbranched alkanes of at least 4 members (excludes halogenated alkanes) is 1. The molecule has 2 unspecified atom stereocenters. The van der Waals surface area contributed by atoms with Crippen molar-refractivity contribution >= 4 is 51.6 Å². The number of carbonyl (C=O) groups excluding carboxylic acids is 3. The van der Waals surface area contributed by atoms with E-state index in [9.17, 15) is 14.4 Å². The van der Waals surface area contributed by atoms with Gasteiger partial charge in [0.25, 0.3) is 0 Å². The molecule has 0 saturated heterocycles. The molecule has 1 aliphatic rings. The molecule has 1 aliphatic carbocycles. The average Bonchev–Trinajstić information content (AvgIpc) is 3.29. The van der Waals surface area contributed by atoms with Crippen molar-refractivity contribution in [2.24, 2.45) is 0 Å². The summed E-state index contributed by atoms with van der Waals surface area (Å²) in [6, 6.07) is 18.0. The molecule has 206 valence electrons. The lowest BCUT2D eigenvalue weighted by Crippen LogP contribution is -2.23. The third-order valence-corrected chi connectivity index (χ3v) is 9.07. The van der Waals surface area contributed by atoms with Crippen LogP contribution in [-0.2, 0) is 27.2 Å². The average molecular weight is 565 g/mol. The van der Waals surface area contributed by atoms with Crippen LogP contribution in [0.2, 0.25) is 0 Å². The lowest BCUT2D eigenvalue weighted by molar-refractivity contribution is -0.116. The van der Waals surface area contributed by atoms with E-state index in [1.165, 1.54) is 28.7 Å². The van der Waals surface area contributed by atoms with Gasteiger partial charge in [0.15, 0.2) is 0 Å². The highest BCUT2D eigenvalue weighted by Crippen LogP contribution is 2.43. The van der Waals surface area contributed by atoms with E-state index in [0.717, 1.165) is 53.1 Å². The number of benzene rings is 2. The summed E-state index contributed by atoms with van der Waals surface area (Å²) in [6.45, 7) is 5.97. The Bertz CT molecular complexity index is 1310. The molecule has 2 aromatic carbocycles. The second kappa shape index (κ2) is 13.8. The number of esters is 1. The predicted molar refractivity (Wildman–Crippen MR) is 160 cm³/mol. The summed E-state index contributed by atoms with van der Waals surface area (Å²) in [4.78, 5) is 40.4. The molecule has 0 saturated carbocycles. The molecule has 2 N–H and O–H groups in total. The Labute approximate surface area is 238 Å². The van der Waals surface area contributed by atoms with Gasteiger partial charge in [-0.3, -0.25) is 9.59 Å². The number of thiophene rings is 1. The second-order valence-electron chi connectivity index (χ2n) is 9.71.